The summed E-state index contributed by atoms with van der Waals surface area (Å²) in [7, 11) is 0. The molecule has 1 unspecified atom stereocenters. The molecule has 0 aliphatic carbocycles. The Bertz CT molecular complexity index is 968. The molecule has 28 heavy (non-hydrogen) atoms. The average molecular weight is 405 g/mol. The Kier molecular flexibility index (Phi) is 6.26. The highest BCUT2D eigenvalue weighted by molar-refractivity contribution is 6.07. The van der Waals surface area contributed by atoms with Crippen LogP contribution in [0, 0.1) is 18.7 Å². The van der Waals surface area contributed by atoms with Gasteiger partial charge in [-0.15, -0.1) is 12.4 Å². The molecule has 1 fully saturated rings. The van der Waals surface area contributed by atoms with Crippen molar-refractivity contribution in [2.45, 2.75) is 19.8 Å². The third kappa shape index (κ3) is 4.15. The second-order valence-corrected chi connectivity index (χ2v) is 6.93. The van der Waals surface area contributed by atoms with Crippen molar-refractivity contribution in [2.75, 3.05) is 19.6 Å². The highest BCUT2D eigenvalue weighted by atomic mass is 35.5. The predicted octanol–water partition coefficient (Wildman–Crippen LogP) is 3.49. The summed E-state index contributed by atoms with van der Waals surface area (Å²) in [5.41, 5.74) is 2.65. The Hall–Kier alpha value is -2.51. The summed E-state index contributed by atoms with van der Waals surface area (Å²) in [5, 5.41) is 10.9. The molecule has 1 amide bonds. The first kappa shape index (κ1) is 20.2. The predicted molar refractivity (Wildman–Crippen MR) is 107 cm³/mol. The Morgan fingerprint density at radius 1 is 1.36 bits per heavy atom. The lowest BCUT2D eigenvalue weighted by Gasteiger charge is -2.22. The molecule has 1 aromatic carbocycles. The Labute approximate surface area is 168 Å². The molecule has 0 saturated carbocycles. The molecule has 2 N–H and O–H groups in total. The van der Waals surface area contributed by atoms with Gasteiger partial charge in [-0.2, -0.15) is 0 Å². The number of carbonyl (C=O) groups excluding carboxylic acids is 1. The number of halogens is 2. The molecule has 148 valence electrons. The highest BCUT2D eigenvalue weighted by Crippen LogP contribution is 2.27. The molecule has 4 rings (SSSR count). The van der Waals surface area contributed by atoms with Gasteiger partial charge in [-0.25, -0.2) is 9.37 Å². The maximum absolute atomic E-state index is 13.2. The van der Waals surface area contributed by atoms with Gasteiger partial charge in [0.1, 0.15) is 5.82 Å². The van der Waals surface area contributed by atoms with Crippen LogP contribution in [0.5, 0.6) is 0 Å². The first-order valence-corrected chi connectivity index (χ1v) is 9.13. The van der Waals surface area contributed by atoms with E-state index < -0.39 is 0 Å². The van der Waals surface area contributed by atoms with Gasteiger partial charge >= 0.3 is 0 Å². The van der Waals surface area contributed by atoms with Gasteiger partial charge in [-0.05, 0) is 69.1 Å². The van der Waals surface area contributed by atoms with Gasteiger partial charge in [-0.3, -0.25) is 4.79 Å². The molecule has 2 aromatic heterocycles. The molecule has 1 aliphatic rings. The average Bonchev–Trinajstić information content (AvgIpc) is 3.08. The number of fused-ring (bicyclic) bond motifs is 1. The van der Waals surface area contributed by atoms with Crippen LogP contribution < -0.4 is 10.6 Å². The van der Waals surface area contributed by atoms with E-state index in [1.54, 1.807) is 25.1 Å². The van der Waals surface area contributed by atoms with E-state index in [1.807, 2.05) is 0 Å². The normalized spacial score (nSPS) is 16.6. The minimum atomic E-state index is -0.325. The molecular formula is C20H22ClFN4O2. The summed E-state index contributed by atoms with van der Waals surface area (Å²) in [4.78, 5) is 17.3. The van der Waals surface area contributed by atoms with Gasteiger partial charge in [0.25, 0.3) is 11.6 Å². The Balaban J connectivity index is 0.00000225. The molecule has 1 atom stereocenters. The monoisotopic (exact) mass is 404 g/mol. The Morgan fingerprint density at radius 2 is 2.14 bits per heavy atom. The third-order valence-electron chi connectivity index (χ3n) is 4.95. The first-order chi connectivity index (χ1) is 13.1. The third-order valence-corrected chi connectivity index (χ3v) is 4.95. The lowest BCUT2D eigenvalue weighted by molar-refractivity contribution is 0.0946. The standard InChI is InChI=1S/C20H21FN4O2.ClH/c1-12-18-16(19(26)23-11-13-3-2-8-22-10-13)9-17(24-20(18)27-25-12)14-4-6-15(21)7-5-14;/h4-7,9,13,22H,2-3,8,10-11H2,1H3,(H,23,26);1H. The van der Waals surface area contributed by atoms with Crippen LogP contribution in [0.3, 0.4) is 0 Å². The summed E-state index contributed by atoms with van der Waals surface area (Å²) in [6.45, 7) is 4.36. The first-order valence-electron chi connectivity index (χ1n) is 9.13. The van der Waals surface area contributed by atoms with Crippen molar-refractivity contribution in [3.63, 3.8) is 0 Å². The van der Waals surface area contributed by atoms with E-state index >= 15 is 0 Å². The van der Waals surface area contributed by atoms with Crippen LogP contribution in [0.15, 0.2) is 34.9 Å². The molecule has 1 saturated heterocycles. The zero-order valence-corrected chi connectivity index (χ0v) is 16.3. The maximum atomic E-state index is 13.2. The lowest BCUT2D eigenvalue weighted by Crippen LogP contribution is -2.38. The molecule has 3 aromatic rings. The van der Waals surface area contributed by atoms with Gasteiger partial charge < -0.3 is 15.2 Å². The number of nitrogens with one attached hydrogen (secondary N) is 2. The smallest absolute Gasteiger partial charge is 0.259 e. The van der Waals surface area contributed by atoms with Crippen LogP contribution in [-0.4, -0.2) is 35.7 Å². The van der Waals surface area contributed by atoms with Crippen LogP contribution in [0.1, 0.15) is 28.9 Å². The van der Waals surface area contributed by atoms with Gasteiger partial charge in [-0.1, -0.05) is 5.16 Å². The number of amides is 1. The van der Waals surface area contributed by atoms with E-state index in [0.717, 1.165) is 25.9 Å². The Morgan fingerprint density at radius 3 is 2.86 bits per heavy atom. The van der Waals surface area contributed by atoms with Crippen LogP contribution in [0.2, 0.25) is 0 Å². The zero-order chi connectivity index (χ0) is 18.8. The molecule has 6 nitrogen and oxygen atoms in total. The molecule has 1 aliphatic heterocycles. The van der Waals surface area contributed by atoms with Gasteiger partial charge in [0.2, 0.25) is 0 Å². The summed E-state index contributed by atoms with van der Waals surface area (Å²) < 4.78 is 18.5. The SMILES string of the molecule is Cc1noc2nc(-c3ccc(F)cc3)cc(C(=O)NCC3CCCNC3)c12.Cl. The second-order valence-electron chi connectivity index (χ2n) is 6.93. The minimum absolute atomic E-state index is 0. The number of nitrogens with zero attached hydrogens (tertiary/aromatic N) is 2. The molecule has 0 bridgehead atoms. The molecular weight excluding hydrogens is 383 g/mol. The number of aryl methyl sites for hydroxylation is 1. The largest absolute Gasteiger partial charge is 0.352 e. The van der Waals surface area contributed by atoms with Crippen molar-refractivity contribution in [3.8, 4) is 11.3 Å². The van der Waals surface area contributed by atoms with Crippen molar-refractivity contribution >= 4 is 29.4 Å². The summed E-state index contributed by atoms with van der Waals surface area (Å²) in [6, 6.07) is 7.70. The number of piperidine rings is 1. The van der Waals surface area contributed by atoms with E-state index in [4.69, 9.17) is 4.52 Å². The van der Waals surface area contributed by atoms with Crippen molar-refractivity contribution in [2.24, 2.45) is 5.92 Å². The summed E-state index contributed by atoms with van der Waals surface area (Å²) in [6.07, 6.45) is 2.23. The van der Waals surface area contributed by atoms with E-state index in [0.29, 0.717) is 46.1 Å². The molecule has 8 heteroatoms. The van der Waals surface area contributed by atoms with Crippen LogP contribution in [0.4, 0.5) is 4.39 Å². The fourth-order valence-electron chi connectivity index (χ4n) is 3.47. The number of aromatic nitrogens is 2. The van der Waals surface area contributed by atoms with E-state index in [2.05, 4.69) is 20.8 Å². The van der Waals surface area contributed by atoms with Crippen LogP contribution >= 0.6 is 12.4 Å². The molecule has 0 spiro atoms. The number of hydrogen-bond acceptors (Lipinski definition) is 5. The van der Waals surface area contributed by atoms with E-state index in [9.17, 15) is 9.18 Å². The quantitative estimate of drug-likeness (QED) is 0.695. The van der Waals surface area contributed by atoms with Gasteiger partial charge in [0.05, 0.1) is 22.3 Å². The highest BCUT2D eigenvalue weighted by Gasteiger charge is 2.21. The number of carbonyl (C=O) groups is 1. The number of hydrogen-bond donors (Lipinski definition) is 2. The summed E-state index contributed by atoms with van der Waals surface area (Å²) in [5.74, 6) is -0.0720. The topological polar surface area (TPSA) is 80.0 Å². The van der Waals surface area contributed by atoms with Crippen LogP contribution in [-0.2, 0) is 0 Å². The van der Waals surface area contributed by atoms with Gasteiger partial charge in [0.15, 0.2) is 0 Å². The van der Waals surface area contributed by atoms with Crippen molar-refractivity contribution in [3.05, 3.63) is 47.4 Å². The number of benzene rings is 1. The molecule has 0 radical (unpaired) electrons. The zero-order valence-electron chi connectivity index (χ0n) is 15.5. The van der Waals surface area contributed by atoms with E-state index in [-0.39, 0.29) is 24.1 Å². The minimum Gasteiger partial charge on any atom is -0.352 e. The number of pyridine rings is 1. The lowest BCUT2D eigenvalue weighted by atomic mass is 9.99. The summed E-state index contributed by atoms with van der Waals surface area (Å²) >= 11 is 0. The van der Waals surface area contributed by atoms with E-state index in [1.165, 1.54) is 12.1 Å². The fourth-order valence-corrected chi connectivity index (χ4v) is 3.47. The number of rotatable bonds is 4. The van der Waals surface area contributed by atoms with Crippen molar-refractivity contribution < 1.29 is 13.7 Å². The fraction of sp³-hybridized carbons (Fsp3) is 0.350. The van der Waals surface area contributed by atoms with Gasteiger partial charge in [0, 0.05) is 12.1 Å². The van der Waals surface area contributed by atoms with Crippen LogP contribution in [0.25, 0.3) is 22.4 Å². The van der Waals surface area contributed by atoms with Crippen molar-refractivity contribution in [1.29, 1.82) is 0 Å². The maximum Gasteiger partial charge on any atom is 0.259 e. The van der Waals surface area contributed by atoms with Crippen molar-refractivity contribution in [1.82, 2.24) is 20.8 Å². The molecule has 3 heterocycles. The second kappa shape index (κ2) is 8.67.